The van der Waals surface area contributed by atoms with Crippen molar-refractivity contribution in [2.75, 3.05) is 39.3 Å². The van der Waals surface area contributed by atoms with Crippen molar-refractivity contribution in [3.63, 3.8) is 0 Å². The van der Waals surface area contributed by atoms with Crippen molar-refractivity contribution < 1.29 is 19.4 Å². The van der Waals surface area contributed by atoms with Crippen LogP contribution in [0.2, 0.25) is 0 Å². The topological polar surface area (TPSA) is 82.1 Å². The number of carbonyl (C=O) groups is 2. The summed E-state index contributed by atoms with van der Waals surface area (Å²) in [5.41, 5.74) is 4.59. The third-order valence-corrected chi connectivity index (χ3v) is 8.37. The number of carboxylic acids is 1. The highest BCUT2D eigenvalue weighted by Crippen LogP contribution is 2.44. The number of likely N-dealkylation sites (tertiary alicyclic amines) is 2. The molecule has 2 aromatic carbocycles. The summed E-state index contributed by atoms with van der Waals surface area (Å²) in [4.78, 5) is 29.5. The van der Waals surface area contributed by atoms with Crippen molar-refractivity contribution in [2.24, 2.45) is 0 Å². The Hall–Kier alpha value is -2.61. The van der Waals surface area contributed by atoms with Gasteiger partial charge in [0.05, 0.1) is 0 Å². The van der Waals surface area contributed by atoms with Crippen LogP contribution >= 0.6 is 12.4 Å². The van der Waals surface area contributed by atoms with Gasteiger partial charge in [-0.25, -0.2) is 9.59 Å². The lowest BCUT2D eigenvalue weighted by Crippen LogP contribution is -2.47. The van der Waals surface area contributed by atoms with Crippen LogP contribution < -0.4 is 5.32 Å². The number of ether oxygens (including phenoxy) is 1. The van der Waals surface area contributed by atoms with Gasteiger partial charge < -0.3 is 25.0 Å². The van der Waals surface area contributed by atoms with Crippen LogP contribution in [0.15, 0.2) is 48.5 Å². The van der Waals surface area contributed by atoms with Crippen LogP contribution in [-0.4, -0.2) is 78.4 Å². The maximum atomic E-state index is 12.6. The molecule has 2 aliphatic heterocycles. The largest absolute Gasteiger partial charge is 0.480 e. The summed E-state index contributed by atoms with van der Waals surface area (Å²) in [6.45, 7) is 5.66. The number of fused-ring (bicyclic) bond motifs is 3. The Balaban J connectivity index is 0.00000336. The van der Waals surface area contributed by atoms with Gasteiger partial charge in [-0.15, -0.1) is 12.4 Å². The van der Waals surface area contributed by atoms with Crippen molar-refractivity contribution in [2.45, 2.75) is 62.9 Å². The Kier molecular flexibility index (Phi) is 10.1. The van der Waals surface area contributed by atoms with E-state index >= 15 is 0 Å². The minimum absolute atomic E-state index is 0. The second kappa shape index (κ2) is 13.5. The number of carboxylic acid groups (broad SMARTS) is 1. The number of hydrogen-bond acceptors (Lipinski definition) is 5. The molecule has 2 heterocycles. The van der Waals surface area contributed by atoms with Gasteiger partial charge in [0, 0.05) is 12.0 Å². The molecule has 0 radical (unpaired) electrons. The van der Waals surface area contributed by atoms with Crippen LogP contribution in [0.1, 0.15) is 62.0 Å². The Morgan fingerprint density at radius 1 is 0.921 bits per heavy atom. The van der Waals surface area contributed by atoms with Crippen LogP contribution in [-0.2, 0) is 9.53 Å². The molecule has 8 heteroatoms. The Labute approximate surface area is 231 Å². The minimum atomic E-state index is -1.02. The van der Waals surface area contributed by atoms with Crippen molar-refractivity contribution >= 4 is 24.5 Å². The number of piperidine rings is 2. The van der Waals surface area contributed by atoms with E-state index in [4.69, 9.17) is 4.74 Å². The van der Waals surface area contributed by atoms with Gasteiger partial charge >= 0.3 is 12.1 Å². The number of hydrogen-bond donors (Lipinski definition) is 2. The molecule has 2 fully saturated rings. The van der Waals surface area contributed by atoms with Gasteiger partial charge in [-0.05, 0) is 93.5 Å². The van der Waals surface area contributed by atoms with E-state index in [0.29, 0.717) is 12.5 Å². The standard InChI is InChI=1S/C30H39N3O4.ClH/c34-29(35)28(13-8-16-32-19-14-22(15-20-32)33-17-6-1-7-18-33)31-30(36)37-21-27-25-11-4-2-9-23(25)24-10-3-5-12-26(24)27;/h2-5,9-12,22,27-28H,1,6-8,13-21H2,(H,31,36)(H,34,35);1H/t28-;/m0./s1. The van der Waals surface area contributed by atoms with Crippen LogP contribution in [0.4, 0.5) is 4.79 Å². The third kappa shape index (κ3) is 6.68. The first-order valence-corrected chi connectivity index (χ1v) is 13.9. The molecule has 2 N–H and O–H groups in total. The number of rotatable bonds is 9. The number of carbonyl (C=O) groups excluding carboxylic acids is 1. The van der Waals surface area contributed by atoms with Crippen LogP contribution in [0.25, 0.3) is 11.1 Å². The number of nitrogens with one attached hydrogen (secondary N) is 1. The lowest BCUT2D eigenvalue weighted by molar-refractivity contribution is -0.139. The lowest BCUT2D eigenvalue weighted by atomic mass is 9.98. The van der Waals surface area contributed by atoms with Crippen LogP contribution in [0.5, 0.6) is 0 Å². The molecule has 206 valence electrons. The van der Waals surface area contributed by atoms with Gasteiger partial charge in [-0.2, -0.15) is 0 Å². The average Bonchev–Trinajstić information content (AvgIpc) is 3.26. The molecule has 1 atom stereocenters. The van der Waals surface area contributed by atoms with Gasteiger partial charge in [0.25, 0.3) is 0 Å². The number of nitrogens with zero attached hydrogens (tertiary/aromatic N) is 2. The zero-order valence-corrected chi connectivity index (χ0v) is 22.8. The zero-order chi connectivity index (χ0) is 25.6. The maximum absolute atomic E-state index is 12.6. The fraction of sp³-hybridized carbons (Fsp3) is 0.533. The Morgan fingerprint density at radius 2 is 1.53 bits per heavy atom. The number of alkyl carbamates (subject to hydrolysis) is 1. The summed E-state index contributed by atoms with van der Waals surface area (Å²) < 4.78 is 5.56. The molecule has 0 unspecified atom stereocenters. The fourth-order valence-electron chi connectivity index (χ4n) is 6.35. The van der Waals surface area contributed by atoms with E-state index in [1.54, 1.807) is 0 Å². The van der Waals surface area contributed by atoms with Crippen molar-refractivity contribution in [3.8, 4) is 11.1 Å². The highest BCUT2D eigenvalue weighted by atomic mass is 35.5. The average molecular weight is 542 g/mol. The molecule has 3 aliphatic rings. The molecule has 0 spiro atoms. The molecule has 0 aromatic heterocycles. The molecule has 2 saturated heterocycles. The van der Waals surface area contributed by atoms with E-state index < -0.39 is 18.1 Å². The van der Waals surface area contributed by atoms with E-state index in [1.807, 2.05) is 24.3 Å². The fourth-order valence-corrected chi connectivity index (χ4v) is 6.35. The summed E-state index contributed by atoms with van der Waals surface area (Å²) in [5, 5.41) is 12.3. The second-order valence-corrected chi connectivity index (χ2v) is 10.7. The first kappa shape index (κ1) is 28.4. The van der Waals surface area contributed by atoms with E-state index in [-0.39, 0.29) is 24.9 Å². The van der Waals surface area contributed by atoms with Gasteiger partial charge in [0.2, 0.25) is 0 Å². The van der Waals surface area contributed by atoms with Crippen molar-refractivity contribution in [1.82, 2.24) is 15.1 Å². The van der Waals surface area contributed by atoms with Gasteiger partial charge in [0.15, 0.2) is 0 Å². The first-order valence-electron chi connectivity index (χ1n) is 13.9. The monoisotopic (exact) mass is 541 g/mol. The van der Waals surface area contributed by atoms with Crippen LogP contribution in [0, 0.1) is 0 Å². The molecule has 1 aliphatic carbocycles. The van der Waals surface area contributed by atoms with Gasteiger partial charge in [-0.3, -0.25) is 0 Å². The smallest absolute Gasteiger partial charge is 0.407 e. The Morgan fingerprint density at radius 3 is 2.13 bits per heavy atom. The predicted octanol–water partition coefficient (Wildman–Crippen LogP) is 5.13. The molecule has 5 rings (SSSR count). The molecular weight excluding hydrogens is 502 g/mol. The quantitative estimate of drug-likeness (QED) is 0.458. The van der Waals surface area contributed by atoms with E-state index in [9.17, 15) is 14.7 Å². The minimum Gasteiger partial charge on any atom is -0.480 e. The van der Waals surface area contributed by atoms with E-state index in [2.05, 4.69) is 39.4 Å². The van der Waals surface area contributed by atoms with Crippen molar-refractivity contribution in [3.05, 3.63) is 59.7 Å². The molecule has 7 nitrogen and oxygen atoms in total. The molecule has 0 saturated carbocycles. The maximum Gasteiger partial charge on any atom is 0.407 e. The first-order chi connectivity index (χ1) is 18.1. The summed E-state index contributed by atoms with van der Waals surface area (Å²) in [6, 6.07) is 16.1. The Bertz CT molecular complexity index is 1040. The SMILES string of the molecule is Cl.O=C(N[C@@H](CCCN1CCC(N2CCCCC2)CC1)C(=O)O)OCC1c2ccccc2-c2ccccc21. The predicted molar refractivity (Wildman–Crippen MR) is 151 cm³/mol. The summed E-state index contributed by atoms with van der Waals surface area (Å²) in [6.07, 6.45) is 6.86. The highest BCUT2D eigenvalue weighted by molar-refractivity contribution is 5.85. The molecule has 2 aromatic rings. The number of aliphatic carboxylic acids is 1. The van der Waals surface area contributed by atoms with Gasteiger partial charge in [0.1, 0.15) is 12.6 Å². The number of halogens is 1. The molecule has 0 bridgehead atoms. The summed E-state index contributed by atoms with van der Waals surface area (Å²) >= 11 is 0. The van der Waals surface area contributed by atoms with E-state index in [1.165, 1.54) is 45.2 Å². The third-order valence-electron chi connectivity index (χ3n) is 8.37. The lowest BCUT2D eigenvalue weighted by Gasteiger charge is -2.40. The van der Waals surface area contributed by atoms with Crippen molar-refractivity contribution in [1.29, 1.82) is 0 Å². The number of amides is 1. The zero-order valence-electron chi connectivity index (χ0n) is 22.0. The molecule has 38 heavy (non-hydrogen) atoms. The summed E-state index contributed by atoms with van der Waals surface area (Å²) in [5.74, 6) is -1.06. The van der Waals surface area contributed by atoms with Gasteiger partial charge in [-0.1, -0.05) is 55.0 Å². The second-order valence-electron chi connectivity index (χ2n) is 10.7. The number of benzene rings is 2. The normalized spacial score (nSPS) is 19.2. The van der Waals surface area contributed by atoms with E-state index in [0.717, 1.165) is 48.3 Å². The molecule has 1 amide bonds. The highest BCUT2D eigenvalue weighted by Gasteiger charge is 2.30. The summed E-state index contributed by atoms with van der Waals surface area (Å²) in [7, 11) is 0. The van der Waals surface area contributed by atoms with Crippen LogP contribution in [0.3, 0.4) is 0 Å². The molecular formula is C30H40ClN3O4.